The molecule has 0 saturated carbocycles. The van der Waals surface area contributed by atoms with Gasteiger partial charge in [0.1, 0.15) is 0 Å². The molecule has 2 saturated heterocycles. The molecule has 0 bridgehead atoms. The van der Waals surface area contributed by atoms with Gasteiger partial charge in [-0.2, -0.15) is 0 Å². The van der Waals surface area contributed by atoms with E-state index in [0.717, 1.165) is 45.5 Å². The van der Waals surface area contributed by atoms with Crippen LogP contribution in [0.25, 0.3) is 0 Å². The van der Waals surface area contributed by atoms with Gasteiger partial charge in [-0.3, -0.25) is 11.3 Å². The quantitative estimate of drug-likeness (QED) is 0.464. The molecule has 2 unspecified atom stereocenters. The molecule has 3 rings (SSSR count). The maximum Gasteiger partial charge on any atom is 0.0729 e. The minimum atomic E-state index is 0.0104. The SMILES string of the molecule is NNC(c1ccccc1I)C1CCOC2(CCOCC2)C1. The molecule has 2 atom stereocenters. The van der Waals surface area contributed by atoms with E-state index in [1.54, 1.807) is 0 Å². The molecule has 2 aliphatic heterocycles. The first kappa shape index (κ1) is 15.7. The summed E-state index contributed by atoms with van der Waals surface area (Å²) in [6, 6.07) is 8.68. The normalized spacial score (nSPS) is 26.7. The van der Waals surface area contributed by atoms with Crippen molar-refractivity contribution in [3.63, 3.8) is 0 Å². The summed E-state index contributed by atoms with van der Waals surface area (Å²) >= 11 is 2.39. The first-order chi connectivity index (χ1) is 10.2. The van der Waals surface area contributed by atoms with Gasteiger partial charge in [-0.25, -0.2) is 0 Å². The first-order valence-electron chi connectivity index (χ1n) is 7.66. The van der Waals surface area contributed by atoms with Crippen LogP contribution in [0.15, 0.2) is 24.3 Å². The Hall–Kier alpha value is -0.210. The van der Waals surface area contributed by atoms with Gasteiger partial charge in [0.05, 0.1) is 11.6 Å². The number of nitrogens with one attached hydrogen (secondary N) is 1. The number of halogens is 1. The van der Waals surface area contributed by atoms with Gasteiger partial charge < -0.3 is 9.47 Å². The van der Waals surface area contributed by atoms with Crippen LogP contribution in [0.5, 0.6) is 0 Å². The molecule has 0 radical (unpaired) electrons. The molecule has 2 aliphatic rings. The summed E-state index contributed by atoms with van der Waals surface area (Å²) in [5.41, 5.74) is 4.37. The Kier molecular flexibility index (Phi) is 5.16. The summed E-state index contributed by atoms with van der Waals surface area (Å²) < 4.78 is 12.9. The Balaban J connectivity index is 1.79. The van der Waals surface area contributed by atoms with Crippen LogP contribution in [0.3, 0.4) is 0 Å². The Morgan fingerprint density at radius 3 is 2.71 bits per heavy atom. The molecule has 5 heteroatoms. The summed E-state index contributed by atoms with van der Waals surface area (Å²) in [6.45, 7) is 2.46. The highest BCUT2D eigenvalue weighted by atomic mass is 127. The van der Waals surface area contributed by atoms with Crippen molar-refractivity contribution in [2.45, 2.75) is 37.3 Å². The highest BCUT2D eigenvalue weighted by Crippen LogP contribution is 2.42. The number of hydrazine groups is 1. The number of nitrogens with two attached hydrogens (primary N) is 1. The standard InChI is InChI=1S/C16H23IN2O2/c17-14-4-2-1-3-13(14)15(19-18)12-5-8-21-16(11-12)6-9-20-10-7-16/h1-4,12,15,19H,5-11,18H2. The average Bonchev–Trinajstić information content (AvgIpc) is 2.51. The van der Waals surface area contributed by atoms with E-state index in [4.69, 9.17) is 15.3 Å². The highest BCUT2D eigenvalue weighted by molar-refractivity contribution is 14.1. The van der Waals surface area contributed by atoms with E-state index >= 15 is 0 Å². The van der Waals surface area contributed by atoms with Crippen LogP contribution in [-0.4, -0.2) is 25.4 Å². The van der Waals surface area contributed by atoms with Crippen LogP contribution >= 0.6 is 22.6 Å². The second-order valence-electron chi connectivity index (χ2n) is 6.06. The zero-order valence-electron chi connectivity index (χ0n) is 12.2. The Labute approximate surface area is 139 Å². The molecule has 0 amide bonds. The van der Waals surface area contributed by atoms with E-state index in [-0.39, 0.29) is 11.6 Å². The lowest BCUT2D eigenvalue weighted by molar-refractivity contribution is -0.150. The van der Waals surface area contributed by atoms with E-state index in [1.165, 1.54) is 9.13 Å². The number of hydrogen-bond acceptors (Lipinski definition) is 4. The van der Waals surface area contributed by atoms with E-state index in [2.05, 4.69) is 52.3 Å². The summed E-state index contributed by atoms with van der Waals surface area (Å²) in [5, 5.41) is 0. The predicted molar refractivity (Wildman–Crippen MR) is 90.7 cm³/mol. The summed E-state index contributed by atoms with van der Waals surface area (Å²) in [7, 11) is 0. The number of hydrogen-bond donors (Lipinski definition) is 2. The molecule has 1 spiro atoms. The van der Waals surface area contributed by atoms with Crippen molar-refractivity contribution in [3.8, 4) is 0 Å². The molecule has 2 heterocycles. The van der Waals surface area contributed by atoms with Crippen molar-refractivity contribution in [1.82, 2.24) is 5.43 Å². The van der Waals surface area contributed by atoms with Gasteiger partial charge in [0.15, 0.2) is 0 Å². The number of rotatable bonds is 3. The van der Waals surface area contributed by atoms with Crippen LogP contribution in [-0.2, 0) is 9.47 Å². The van der Waals surface area contributed by atoms with Crippen LogP contribution in [0, 0.1) is 9.49 Å². The van der Waals surface area contributed by atoms with Gasteiger partial charge in [-0.1, -0.05) is 18.2 Å². The van der Waals surface area contributed by atoms with Crippen molar-refractivity contribution in [2.75, 3.05) is 19.8 Å². The summed E-state index contributed by atoms with van der Waals surface area (Å²) in [6.07, 6.45) is 4.14. The molecule has 1 aromatic rings. The Bertz CT molecular complexity index is 472. The van der Waals surface area contributed by atoms with Crippen molar-refractivity contribution in [3.05, 3.63) is 33.4 Å². The van der Waals surface area contributed by atoms with E-state index in [0.29, 0.717) is 5.92 Å². The van der Waals surface area contributed by atoms with Crippen LogP contribution in [0.1, 0.15) is 37.3 Å². The third kappa shape index (κ3) is 3.42. The maximum atomic E-state index is 6.15. The van der Waals surface area contributed by atoms with Crippen molar-refractivity contribution in [1.29, 1.82) is 0 Å². The summed E-state index contributed by atoms with van der Waals surface area (Å²) in [4.78, 5) is 0. The van der Waals surface area contributed by atoms with E-state index in [1.807, 2.05) is 0 Å². The van der Waals surface area contributed by atoms with Crippen molar-refractivity contribution < 1.29 is 9.47 Å². The Morgan fingerprint density at radius 1 is 1.24 bits per heavy atom. The zero-order chi connectivity index (χ0) is 14.7. The lowest BCUT2D eigenvalue weighted by atomic mass is 9.76. The molecule has 0 aromatic heterocycles. The molecule has 1 aromatic carbocycles. The predicted octanol–water partition coefficient (Wildman–Crippen LogP) is 2.77. The van der Waals surface area contributed by atoms with Crippen LogP contribution < -0.4 is 11.3 Å². The molecule has 0 aliphatic carbocycles. The van der Waals surface area contributed by atoms with E-state index < -0.39 is 0 Å². The fraction of sp³-hybridized carbons (Fsp3) is 0.625. The monoisotopic (exact) mass is 402 g/mol. The first-order valence-corrected chi connectivity index (χ1v) is 8.74. The van der Waals surface area contributed by atoms with Gasteiger partial charge >= 0.3 is 0 Å². The third-order valence-corrected chi connectivity index (χ3v) is 5.81. The molecule has 116 valence electrons. The summed E-state index contributed by atoms with van der Waals surface area (Å²) in [5.74, 6) is 6.42. The maximum absolute atomic E-state index is 6.15. The topological polar surface area (TPSA) is 56.5 Å². The van der Waals surface area contributed by atoms with Crippen LogP contribution in [0.2, 0.25) is 0 Å². The molecule has 4 nitrogen and oxygen atoms in total. The molecular formula is C16H23IN2O2. The largest absolute Gasteiger partial charge is 0.381 e. The van der Waals surface area contributed by atoms with Gasteiger partial charge in [0, 0.05) is 23.4 Å². The minimum absolute atomic E-state index is 0.0104. The lowest BCUT2D eigenvalue weighted by Crippen LogP contribution is -2.47. The molecule has 21 heavy (non-hydrogen) atoms. The zero-order valence-corrected chi connectivity index (χ0v) is 14.3. The highest BCUT2D eigenvalue weighted by Gasteiger charge is 2.41. The third-order valence-electron chi connectivity index (χ3n) is 4.83. The minimum Gasteiger partial charge on any atom is -0.381 e. The van der Waals surface area contributed by atoms with Gasteiger partial charge in [-0.15, -0.1) is 0 Å². The lowest BCUT2D eigenvalue weighted by Gasteiger charge is -2.45. The van der Waals surface area contributed by atoms with Crippen LogP contribution in [0.4, 0.5) is 0 Å². The average molecular weight is 402 g/mol. The fourth-order valence-electron chi connectivity index (χ4n) is 3.65. The second kappa shape index (κ2) is 6.91. The molecule has 2 fully saturated rings. The Morgan fingerprint density at radius 2 is 2.00 bits per heavy atom. The fourth-order valence-corrected chi connectivity index (χ4v) is 4.37. The van der Waals surface area contributed by atoms with Crippen molar-refractivity contribution in [2.24, 2.45) is 11.8 Å². The smallest absolute Gasteiger partial charge is 0.0729 e. The molecule has 3 N–H and O–H groups in total. The second-order valence-corrected chi connectivity index (χ2v) is 7.22. The van der Waals surface area contributed by atoms with Gasteiger partial charge in [-0.05, 0) is 65.8 Å². The van der Waals surface area contributed by atoms with E-state index in [9.17, 15) is 0 Å². The molecular weight excluding hydrogens is 379 g/mol. The number of benzene rings is 1. The number of ether oxygens (including phenoxy) is 2. The van der Waals surface area contributed by atoms with Gasteiger partial charge in [0.25, 0.3) is 0 Å². The van der Waals surface area contributed by atoms with Gasteiger partial charge in [0.2, 0.25) is 0 Å². The van der Waals surface area contributed by atoms with Crippen molar-refractivity contribution >= 4 is 22.6 Å².